The van der Waals surface area contributed by atoms with Crippen LogP contribution in [-0.2, 0) is 0 Å². The minimum absolute atomic E-state index is 0.446. The van der Waals surface area contributed by atoms with Crippen LogP contribution in [0.4, 0.5) is 9.59 Å². The third-order valence-corrected chi connectivity index (χ3v) is 0.221. The summed E-state index contributed by atoms with van der Waals surface area (Å²) in [6, 6.07) is -3.20. The van der Waals surface area contributed by atoms with Gasteiger partial charge in [-0.3, -0.25) is 0 Å². The van der Waals surface area contributed by atoms with Crippen LogP contribution in [0.15, 0.2) is 0 Å². The summed E-state index contributed by atoms with van der Waals surface area (Å²) in [5.41, 5.74) is -1.95. The molecule has 4 amide bonds. The van der Waals surface area contributed by atoms with Gasteiger partial charge in [0.2, 0.25) is 0 Å². The molecule has 0 unspecified atom stereocenters. The first-order valence-corrected chi connectivity index (χ1v) is 1.50. The van der Waals surface area contributed by atoms with Gasteiger partial charge in [-0.05, 0) is 0 Å². The van der Waals surface area contributed by atoms with Crippen LogP contribution < -0.4 is 22.3 Å². The lowest BCUT2D eigenvalue weighted by atomic mass is 11.1. The van der Waals surface area contributed by atoms with E-state index in [1.807, 2.05) is 0 Å². The highest BCUT2D eigenvalue weighted by Gasteiger charge is 1.89. The summed E-state index contributed by atoms with van der Waals surface area (Å²) in [5.74, 6) is 0. The van der Waals surface area contributed by atoms with Crippen molar-refractivity contribution >= 4 is 12.1 Å². The van der Waals surface area contributed by atoms with Gasteiger partial charge < -0.3 is 11.4 Å². The van der Waals surface area contributed by atoms with Gasteiger partial charge in [0.05, 0.1) is 0 Å². The van der Waals surface area contributed by atoms with Gasteiger partial charge in [-0.15, -0.1) is 0 Å². The third-order valence-electron chi connectivity index (χ3n) is 0.221. The van der Waals surface area contributed by atoms with Crippen molar-refractivity contribution in [2.45, 2.75) is 0 Å². The molecule has 6 N–H and O–H groups in total. The zero-order chi connectivity index (χ0) is 11.5. The lowest BCUT2D eigenvalue weighted by Gasteiger charge is -1.97. The molecule has 8 heavy (non-hydrogen) atoms. The molecule has 0 spiro atoms. The first-order chi connectivity index (χ1) is 6.29. The predicted octanol–water partition coefficient (Wildman–Crippen LogP) is -1.76. The van der Waals surface area contributed by atoms with Gasteiger partial charge in [0, 0.05) is 0 Å². The topological polar surface area (TPSA) is 110 Å². The molecule has 0 rings (SSSR count). The normalized spacial score (nSPS) is 17.0. The summed E-state index contributed by atoms with van der Waals surface area (Å²) >= 11 is 0. The van der Waals surface area contributed by atoms with Crippen LogP contribution in [0.25, 0.3) is 0 Å². The van der Waals surface area contributed by atoms with E-state index in [0.29, 0.717) is 0 Å². The van der Waals surface area contributed by atoms with Crippen LogP contribution in [0.3, 0.4) is 0 Å². The molecule has 0 aliphatic heterocycles. The van der Waals surface area contributed by atoms with E-state index >= 15 is 0 Å². The fraction of sp³-hybridized carbons (Fsp3) is 0. The molecular weight excluding hydrogens is 112 g/mol. The number of hydrogen-bond donors (Lipinski definition) is 4. The Balaban J connectivity index is 4.46. The van der Waals surface area contributed by atoms with Gasteiger partial charge in [0.25, 0.3) is 0 Å². The average molecular weight is 124 g/mol. The van der Waals surface area contributed by atoms with Crippen LogP contribution in [0.5, 0.6) is 0 Å². The number of amides is 4. The van der Waals surface area contributed by atoms with Crippen LogP contribution in [0.1, 0.15) is 0 Å². The van der Waals surface area contributed by atoms with Crippen molar-refractivity contribution in [1.29, 1.82) is 0 Å². The average Bonchev–Trinajstić information content (AvgIpc) is 2.12. The van der Waals surface area contributed by atoms with E-state index in [2.05, 4.69) is 0 Å². The maximum Gasteiger partial charge on any atom is 0.330 e. The summed E-state index contributed by atoms with van der Waals surface area (Å²) < 4.78 is 39.2. The SMILES string of the molecule is [2H]N([2H])C(=O)N([2H])N([2H])C(=O)N([2H])[2H]. The van der Waals surface area contributed by atoms with E-state index in [1.54, 1.807) is 0 Å². The van der Waals surface area contributed by atoms with Gasteiger partial charge in [0.1, 0.15) is 0 Å². The number of rotatable bonds is 0. The summed E-state index contributed by atoms with van der Waals surface area (Å²) in [5, 5.41) is 0. The van der Waals surface area contributed by atoms with Gasteiger partial charge in [-0.1, -0.05) is 0 Å². The van der Waals surface area contributed by atoms with Gasteiger partial charge in [-0.2, -0.15) is 0 Å². The molecule has 0 aromatic heterocycles. The molecule has 6 nitrogen and oxygen atoms in total. The van der Waals surface area contributed by atoms with E-state index in [-0.39, 0.29) is 0 Å². The Morgan fingerprint density at radius 1 is 1.38 bits per heavy atom. The van der Waals surface area contributed by atoms with E-state index in [1.165, 1.54) is 0 Å². The number of nitrogens with two attached hydrogens (primary N) is 2. The Bertz CT molecular complexity index is 210. The lowest BCUT2D eigenvalue weighted by molar-refractivity contribution is 0.233. The Hall–Kier alpha value is -1.46. The smallest absolute Gasteiger partial charge is 0.330 e. The number of urea groups is 2. The molecule has 0 saturated heterocycles. The van der Waals surface area contributed by atoms with Crippen molar-refractivity contribution in [1.82, 2.24) is 10.8 Å². The molecule has 0 aromatic carbocycles. The van der Waals surface area contributed by atoms with Gasteiger partial charge in [-0.25, -0.2) is 20.4 Å². The van der Waals surface area contributed by atoms with Crippen LogP contribution in [-0.4, -0.2) is 12.1 Å². The summed E-state index contributed by atoms with van der Waals surface area (Å²) in [6.45, 7) is 0. The van der Waals surface area contributed by atoms with E-state index in [4.69, 9.17) is 8.47 Å². The Morgan fingerprint density at radius 3 is 2.00 bits per heavy atom. The van der Waals surface area contributed by atoms with E-state index in [9.17, 15) is 9.59 Å². The molecule has 0 aromatic rings. The van der Waals surface area contributed by atoms with Crippen LogP contribution in [0.2, 0.25) is 8.47 Å². The minimum Gasteiger partial charge on any atom is -0.350 e. The van der Waals surface area contributed by atoms with E-state index in [0.717, 1.165) is 0 Å². The maximum absolute atomic E-state index is 10.6. The molecule has 0 fully saturated rings. The number of carbonyl (C=O) groups is 2. The number of hydrogen-bond acceptors (Lipinski definition) is 2. The number of primary amides is 2. The van der Waals surface area contributed by atoms with Gasteiger partial charge in [0.15, 0.2) is 8.47 Å². The zero-order valence-electron chi connectivity index (χ0n) is 9.61. The van der Waals surface area contributed by atoms with Crippen LogP contribution >= 0.6 is 0 Å². The molecule has 0 aliphatic rings. The van der Waals surface area contributed by atoms with Crippen LogP contribution in [0, 0.1) is 0 Å². The van der Waals surface area contributed by atoms with Crippen molar-refractivity contribution in [2.24, 2.45) is 11.4 Å². The fourth-order valence-corrected chi connectivity index (χ4v) is 0.0855. The van der Waals surface area contributed by atoms with Crippen molar-refractivity contribution in [3.05, 3.63) is 0 Å². The standard InChI is InChI=1S/C2H6N4O2/c3-1(7)5-6-2(4)8/h(H3,3,5,7)(H3,4,6,8)/i/hD6. The number of hydrazine groups is 1. The molecule has 0 atom stereocenters. The second-order valence-corrected chi connectivity index (χ2v) is 0.765. The molecule has 0 heterocycles. The first kappa shape index (κ1) is 1.51. The second-order valence-electron chi connectivity index (χ2n) is 0.765. The van der Waals surface area contributed by atoms with Crippen molar-refractivity contribution < 1.29 is 18.1 Å². The highest BCUT2D eigenvalue weighted by molar-refractivity contribution is 5.77. The fourth-order valence-electron chi connectivity index (χ4n) is 0.0855. The summed E-state index contributed by atoms with van der Waals surface area (Å²) in [6.07, 6.45) is 0. The largest absolute Gasteiger partial charge is 0.350 e. The molecule has 0 saturated carbocycles. The Labute approximate surface area is 54.0 Å². The summed E-state index contributed by atoms with van der Waals surface area (Å²) in [7, 11) is 0. The molecular formula is C2H6N4O2. The second kappa shape index (κ2) is 2.67. The summed E-state index contributed by atoms with van der Waals surface area (Å²) in [4.78, 5) is 21.3. The first-order valence-electron chi connectivity index (χ1n) is 4.19. The zero-order valence-corrected chi connectivity index (χ0v) is 3.61. The van der Waals surface area contributed by atoms with E-state index < -0.39 is 34.3 Å². The van der Waals surface area contributed by atoms with Gasteiger partial charge >= 0.3 is 12.1 Å². The highest BCUT2D eigenvalue weighted by atomic mass is 16.2. The number of carbonyl (C=O) groups excluding carboxylic acids is 2. The molecule has 6 heteroatoms. The maximum atomic E-state index is 10.6. The highest BCUT2D eigenvalue weighted by Crippen LogP contribution is 1.48. The Kier molecular flexibility index (Phi) is 0.503. The monoisotopic (exact) mass is 124 g/mol. The minimum atomic E-state index is -1.60. The Morgan fingerprint density at radius 2 is 1.75 bits per heavy atom. The quantitative estimate of drug-likeness (QED) is 0.287. The number of nitrogens with one attached hydrogen (secondary N) is 2. The van der Waals surface area contributed by atoms with Crippen molar-refractivity contribution in [2.75, 3.05) is 0 Å². The molecule has 46 valence electrons. The predicted molar refractivity (Wildman–Crippen MR) is 25.4 cm³/mol. The van der Waals surface area contributed by atoms with Crippen molar-refractivity contribution in [3.8, 4) is 0 Å². The molecule has 0 aliphatic carbocycles. The molecule has 0 radical (unpaired) electrons. The lowest BCUT2D eigenvalue weighted by Crippen LogP contribution is -2.46. The van der Waals surface area contributed by atoms with Crippen molar-refractivity contribution in [3.63, 3.8) is 0 Å². The molecule has 0 bridgehead atoms. The third kappa shape index (κ3) is 4.54.